The quantitative estimate of drug-likeness (QED) is 0.399. The van der Waals surface area contributed by atoms with Crippen LogP contribution in [0.5, 0.6) is 0 Å². The number of nitrogens with one attached hydrogen (secondary N) is 1. The van der Waals surface area contributed by atoms with Gasteiger partial charge in [-0.2, -0.15) is 0 Å². The standard InChI is InChI=1S/C12H21N3/c1-5-8-11(6-2)9-12(10-14-4)15(13)7-3/h5,7-10,14H,3,6,13H2,1-2,4H3/b8-5-,11-9+,12-10+. The van der Waals surface area contributed by atoms with Crippen molar-refractivity contribution in [3.8, 4) is 0 Å². The maximum atomic E-state index is 5.74. The molecule has 0 aliphatic carbocycles. The van der Waals surface area contributed by atoms with E-state index in [1.54, 1.807) is 6.20 Å². The van der Waals surface area contributed by atoms with Gasteiger partial charge in [-0.3, -0.25) is 5.01 Å². The summed E-state index contributed by atoms with van der Waals surface area (Å²) in [6, 6.07) is 0. The van der Waals surface area contributed by atoms with Crippen molar-refractivity contribution in [2.45, 2.75) is 20.3 Å². The van der Waals surface area contributed by atoms with Crippen LogP contribution in [0.25, 0.3) is 0 Å². The molecule has 0 bridgehead atoms. The van der Waals surface area contributed by atoms with Crippen LogP contribution in [0.2, 0.25) is 0 Å². The molecule has 0 saturated heterocycles. The van der Waals surface area contributed by atoms with E-state index in [1.807, 2.05) is 32.3 Å². The number of allylic oxidation sites excluding steroid dienone is 4. The number of nitrogens with zero attached hydrogens (tertiary/aromatic N) is 1. The van der Waals surface area contributed by atoms with Gasteiger partial charge in [0.1, 0.15) is 0 Å². The summed E-state index contributed by atoms with van der Waals surface area (Å²) in [5.41, 5.74) is 2.10. The van der Waals surface area contributed by atoms with Gasteiger partial charge >= 0.3 is 0 Å². The van der Waals surface area contributed by atoms with E-state index < -0.39 is 0 Å². The largest absolute Gasteiger partial charge is 0.392 e. The van der Waals surface area contributed by atoms with E-state index in [1.165, 1.54) is 10.6 Å². The first-order valence-corrected chi connectivity index (χ1v) is 5.06. The van der Waals surface area contributed by atoms with Gasteiger partial charge in [0.25, 0.3) is 0 Å². The van der Waals surface area contributed by atoms with Gasteiger partial charge in [-0.05, 0) is 25.0 Å². The molecular formula is C12H21N3. The first-order valence-electron chi connectivity index (χ1n) is 5.06. The van der Waals surface area contributed by atoms with Crippen molar-refractivity contribution in [1.82, 2.24) is 10.3 Å². The van der Waals surface area contributed by atoms with Gasteiger partial charge < -0.3 is 5.32 Å². The molecule has 0 fully saturated rings. The van der Waals surface area contributed by atoms with Crippen LogP contribution in [0, 0.1) is 0 Å². The summed E-state index contributed by atoms with van der Waals surface area (Å²) in [7, 11) is 1.84. The number of hydrazine groups is 1. The summed E-state index contributed by atoms with van der Waals surface area (Å²) in [6.07, 6.45) is 10.5. The summed E-state index contributed by atoms with van der Waals surface area (Å²) < 4.78 is 0. The second-order valence-electron chi connectivity index (χ2n) is 3.02. The lowest BCUT2D eigenvalue weighted by Gasteiger charge is -2.15. The first-order chi connectivity index (χ1) is 7.19. The molecule has 0 amide bonds. The summed E-state index contributed by atoms with van der Waals surface area (Å²) in [6.45, 7) is 7.74. The molecule has 0 atom stereocenters. The van der Waals surface area contributed by atoms with Crippen LogP contribution < -0.4 is 11.2 Å². The zero-order chi connectivity index (χ0) is 11.7. The molecule has 3 nitrogen and oxygen atoms in total. The first kappa shape index (κ1) is 13.5. The molecule has 0 unspecified atom stereocenters. The lowest BCUT2D eigenvalue weighted by atomic mass is 10.1. The molecule has 0 aromatic rings. The highest BCUT2D eigenvalue weighted by Gasteiger charge is 1.98. The summed E-state index contributed by atoms with van der Waals surface area (Å²) in [5, 5.41) is 4.44. The molecule has 0 rings (SSSR count). The Balaban J connectivity index is 4.93. The minimum absolute atomic E-state index is 0.877. The number of hydrogen-bond acceptors (Lipinski definition) is 3. The molecule has 84 valence electrons. The third kappa shape index (κ3) is 5.08. The molecule has 3 N–H and O–H groups in total. The van der Waals surface area contributed by atoms with Gasteiger partial charge in [0.2, 0.25) is 0 Å². The maximum Gasteiger partial charge on any atom is 0.0727 e. The molecule has 0 spiro atoms. The zero-order valence-electron chi connectivity index (χ0n) is 9.83. The summed E-state index contributed by atoms with van der Waals surface area (Å²) >= 11 is 0. The van der Waals surface area contributed by atoms with Gasteiger partial charge in [-0.15, -0.1) is 0 Å². The van der Waals surface area contributed by atoms with Crippen molar-refractivity contribution < 1.29 is 0 Å². The average molecular weight is 207 g/mol. The molecule has 0 radical (unpaired) electrons. The van der Waals surface area contributed by atoms with Crippen LogP contribution in [0.15, 0.2) is 48.5 Å². The highest BCUT2D eigenvalue weighted by molar-refractivity contribution is 5.29. The average Bonchev–Trinajstić information content (AvgIpc) is 2.26. The van der Waals surface area contributed by atoms with Crippen LogP contribution in [-0.2, 0) is 0 Å². The predicted molar refractivity (Wildman–Crippen MR) is 66.6 cm³/mol. The van der Waals surface area contributed by atoms with Crippen molar-refractivity contribution >= 4 is 0 Å². The summed E-state index contributed by atoms with van der Waals surface area (Å²) in [5.74, 6) is 5.74. The Hall–Kier alpha value is -1.48. The van der Waals surface area contributed by atoms with Gasteiger partial charge in [0.15, 0.2) is 0 Å². The van der Waals surface area contributed by atoms with Gasteiger partial charge in [0, 0.05) is 19.4 Å². The fourth-order valence-corrected chi connectivity index (χ4v) is 1.12. The molecular weight excluding hydrogens is 186 g/mol. The second-order valence-corrected chi connectivity index (χ2v) is 3.02. The molecule has 0 aliphatic heterocycles. The van der Waals surface area contributed by atoms with Crippen molar-refractivity contribution in [3.63, 3.8) is 0 Å². The predicted octanol–water partition coefficient (Wildman–Crippen LogP) is 2.28. The second kappa shape index (κ2) is 7.88. The van der Waals surface area contributed by atoms with Crippen LogP contribution in [0.3, 0.4) is 0 Å². The Bertz CT molecular complexity index is 275. The van der Waals surface area contributed by atoms with E-state index in [0.717, 1.165) is 12.1 Å². The lowest BCUT2D eigenvalue weighted by Crippen LogP contribution is -2.24. The highest BCUT2D eigenvalue weighted by Crippen LogP contribution is 2.09. The minimum Gasteiger partial charge on any atom is -0.392 e. The molecule has 0 aromatic carbocycles. The van der Waals surface area contributed by atoms with Crippen molar-refractivity contribution in [1.29, 1.82) is 0 Å². The Morgan fingerprint density at radius 1 is 1.53 bits per heavy atom. The smallest absolute Gasteiger partial charge is 0.0727 e. The van der Waals surface area contributed by atoms with Crippen LogP contribution in [-0.4, -0.2) is 12.1 Å². The van der Waals surface area contributed by atoms with Crippen molar-refractivity contribution in [3.05, 3.63) is 48.5 Å². The van der Waals surface area contributed by atoms with E-state index in [2.05, 4.69) is 24.9 Å². The topological polar surface area (TPSA) is 41.3 Å². The normalized spacial score (nSPS) is 13.1. The molecule has 3 heteroatoms. The van der Waals surface area contributed by atoms with Crippen LogP contribution in [0.4, 0.5) is 0 Å². The number of nitrogens with two attached hydrogens (primary N) is 1. The molecule has 15 heavy (non-hydrogen) atoms. The fraction of sp³-hybridized carbons (Fsp3) is 0.333. The van der Waals surface area contributed by atoms with Crippen molar-refractivity contribution in [2.75, 3.05) is 7.05 Å². The molecule has 0 aliphatic rings. The SMILES string of the molecule is C=CN(N)C(/C=C(/C=C\C)CC)=C/NC. The highest BCUT2D eigenvalue weighted by atomic mass is 15.4. The maximum absolute atomic E-state index is 5.74. The van der Waals surface area contributed by atoms with Gasteiger partial charge in [-0.25, -0.2) is 5.84 Å². The lowest BCUT2D eigenvalue weighted by molar-refractivity contribution is 0.505. The molecule has 0 saturated carbocycles. The Morgan fingerprint density at radius 2 is 2.20 bits per heavy atom. The monoisotopic (exact) mass is 207 g/mol. The van der Waals surface area contributed by atoms with Crippen molar-refractivity contribution in [2.24, 2.45) is 5.84 Å². The minimum atomic E-state index is 0.877. The summed E-state index contributed by atoms with van der Waals surface area (Å²) in [4.78, 5) is 0. The Kier molecular flexibility index (Phi) is 7.10. The van der Waals surface area contributed by atoms with E-state index in [-0.39, 0.29) is 0 Å². The van der Waals surface area contributed by atoms with Gasteiger partial charge in [0.05, 0.1) is 5.70 Å². The third-order valence-electron chi connectivity index (χ3n) is 1.91. The van der Waals surface area contributed by atoms with Crippen LogP contribution in [0.1, 0.15) is 20.3 Å². The molecule has 0 aromatic heterocycles. The van der Waals surface area contributed by atoms with E-state index in [9.17, 15) is 0 Å². The Labute approximate surface area is 92.6 Å². The van der Waals surface area contributed by atoms with E-state index in [4.69, 9.17) is 5.84 Å². The third-order valence-corrected chi connectivity index (χ3v) is 1.91. The Morgan fingerprint density at radius 3 is 2.60 bits per heavy atom. The zero-order valence-corrected chi connectivity index (χ0v) is 9.83. The van der Waals surface area contributed by atoms with Gasteiger partial charge in [-0.1, -0.05) is 25.7 Å². The molecule has 0 heterocycles. The fourth-order valence-electron chi connectivity index (χ4n) is 1.12. The number of rotatable bonds is 6. The van der Waals surface area contributed by atoms with E-state index in [0.29, 0.717) is 0 Å². The van der Waals surface area contributed by atoms with E-state index >= 15 is 0 Å². The van der Waals surface area contributed by atoms with Crippen LogP contribution >= 0.6 is 0 Å². The number of hydrogen-bond donors (Lipinski definition) is 2.